The zero-order chi connectivity index (χ0) is 12.2. The van der Waals surface area contributed by atoms with E-state index in [9.17, 15) is 0 Å². The molecule has 0 aromatic heterocycles. The summed E-state index contributed by atoms with van der Waals surface area (Å²) in [7, 11) is 0. The van der Waals surface area contributed by atoms with Crippen LogP contribution in [0.4, 0.5) is 0 Å². The van der Waals surface area contributed by atoms with E-state index in [0.717, 1.165) is 25.6 Å². The molecule has 0 aromatic carbocycles. The SMILES string of the molecule is NCC1(N2CC3CCC(C2)O3)CCN2CCC1C2. The second-order valence-corrected chi connectivity index (χ2v) is 6.71. The molecule has 4 rings (SSSR count). The monoisotopic (exact) mass is 251 g/mol. The Balaban J connectivity index is 1.60. The Kier molecular flexibility index (Phi) is 2.70. The van der Waals surface area contributed by atoms with Gasteiger partial charge in [0.05, 0.1) is 12.2 Å². The highest BCUT2D eigenvalue weighted by Crippen LogP contribution is 2.42. The van der Waals surface area contributed by atoms with E-state index in [1.807, 2.05) is 0 Å². The van der Waals surface area contributed by atoms with Crippen molar-refractivity contribution in [2.45, 2.75) is 43.4 Å². The number of ether oxygens (including phenoxy) is 1. The van der Waals surface area contributed by atoms with E-state index in [4.69, 9.17) is 10.5 Å². The zero-order valence-corrected chi connectivity index (χ0v) is 11.2. The number of hydrogen-bond donors (Lipinski definition) is 1. The van der Waals surface area contributed by atoms with Gasteiger partial charge in [-0.3, -0.25) is 4.90 Å². The van der Waals surface area contributed by atoms with Gasteiger partial charge in [0.15, 0.2) is 0 Å². The molecule has 4 nitrogen and oxygen atoms in total. The van der Waals surface area contributed by atoms with E-state index >= 15 is 0 Å². The number of morpholine rings is 1. The Labute approximate surface area is 109 Å². The molecule has 4 fully saturated rings. The summed E-state index contributed by atoms with van der Waals surface area (Å²) in [5, 5.41) is 0. The topological polar surface area (TPSA) is 41.7 Å². The highest BCUT2D eigenvalue weighted by atomic mass is 16.5. The molecule has 102 valence electrons. The lowest BCUT2D eigenvalue weighted by atomic mass is 9.77. The molecular formula is C14H25N3O. The lowest BCUT2D eigenvalue weighted by Crippen LogP contribution is -2.65. The van der Waals surface area contributed by atoms with Gasteiger partial charge in [-0.1, -0.05) is 0 Å². The molecule has 4 heterocycles. The molecule has 0 aromatic rings. The average Bonchev–Trinajstić information content (AvgIpc) is 2.95. The number of hydrogen-bond acceptors (Lipinski definition) is 4. The van der Waals surface area contributed by atoms with Gasteiger partial charge in [-0.15, -0.1) is 0 Å². The van der Waals surface area contributed by atoms with Gasteiger partial charge < -0.3 is 15.4 Å². The summed E-state index contributed by atoms with van der Waals surface area (Å²) < 4.78 is 5.99. The van der Waals surface area contributed by atoms with Crippen molar-refractivity contribution in [3.05, 3.63) is 0 Å². The molecule has 4 bridgehead atoms. The molecule has 0 radical (unpaired) electrons. The van der Waals surface area contributed by atoms with Crippen LogP contribution in [0, 0.1) is 5.92 Å². The molecule has 4 aliphatic rings. The third-order valence-electron chi connectivity index (χ3n) is 5.92. The largest absolute Gasteiger partial charge is 0.372 e. The molecule has 18 heavy (non-hydrogen) atoms. The van der Waals surface area contributed by atoms with Crippen molar-refractivity contribution in [3.8, 4) is 0 Å². The minimum absolute atomic E-state index is 0.289. The lowest BCUT2D eigenvalue weighted by Gasteiger charge is -2.52. The molecule has 0 aliphatic carbocycles. The molecule has 0 amide bonds. The fourth-order valence-electron chi connectivity index (χ4n) is 4.82. The number of piperidine rings is 1. The highest BCUT2D eigenvalue weighted by Gasteiger charge is 2.51. The van der Waals surface area contributed by atoms with Crippen LogP contribution >= 0.6 is 0 Å². The standard InChI is InChI=1S/C14H25N3O/c15-10-14(4-6-16-5-3-11(14)7-16)17-8-12-1-2-13(9-17)18-12/h11-13H,1-10,15H2. The van der Waals surface area contributed by atoms with E-state index in [-0.39, 0.29) is 5.54 Å². The lowest BCUT2D eigenvalue weighted by molar-refractivity contribution is -0.0997. The van der Waals surface area contributed by atoms with Gasteiger partial charge in [0.25, 0.3) is 0 Å². The van der Waals surface area contributed by atoms with Crippen LogP contribution in [0.25, 0.3) is 0 Å². The van der Waals surface area contributed by atoms with E-state index in [1.54, 1.807) is 0 Å². The summed E-state index contributed by atoms with van der Waals surface area (Å²) in [4.78, 5) is 5.35. The Morgan fingerprint density at radius 2 is 1.83 bits per heavy atom. The second kappa shape index (κ2) is 4.17. The van der Waals surface area contributed by atoms with Crippen molar-refractivity contribution in [1.82, 2.24) is 9.80 Å². The fraction of sp³-hybridized carbons (Fsp3) is 1.00. The van der Waals surface area contributed by atoms with Crippen molar-refractivity contribution in [2.24, 2.45) is 11.7 Å². The van der Waals surface area contributed by atoms with Crippen molar-refractivity contribution in [1.29, 1.82) is 0 Å². The molecule has 2 N–H and O–H groups in total. The van der Waals surface area contributed by atoms with Crippen LogP contribution in [-0.2, 0) is 4.74 Å². The van der Waals surface area contributed by atoms with Crippen LogP contribution in [0.15, 0.2) is 0 Å². The first-order valence-corrected chi connectivity index (χ1v) is 7.63. The second-order valence-electron chi connectivity index (χ2n) is 6.71. The summed E-state index contributed by atoms with van der Waals surface area (Å²) in [6.45, 7) is 6.92. The Hall–Kier alpha value is -0.160. The van der Waals surface area contributed by atoms with Gasteiger partial charge >= 0.3 is 0 Å². The van der Waals surface area contributed by atoms with Crippen LogP contribution in [0.1, 0.15) is 25.7 Å². The number of rotatable bonds is 2. The van der Waals surface area contributed by atoms with Crippen LogP contribution in [0.3, 0.4) is 0 Å². The number of nitrogens with zero attached hydrogens (tertiary/aromatic N) is 2. The quantitative estimate of drug-likeness (QED) is 0.765. The van der Waals surface area contributed by atoms with Crippen LogP contribution in [0.2, 0.25) is 0 Å². The molecule has 5 unspecified atom stereocenters. The van der Waals surface area contributed by atoms with Crippen molar-refractivity contribution in [3.63, 3.8) is 0 Å². The maximum Gasteiger partial charge on any atom is 0.0707 e. The predicted molar refractivity (Wildman–Crippen MR) is 70.4 cm³/mol. The number of fused-ring (bicyclic) bond motifs is 4. The first kappa shape index (κ1) is 11.6. The highest BCUT2D eigenvalue weighted by molar-refractivity contribution is 5.07. The van der Waals surface area contributed by atoms with Gasteiger partial charge in [-0.25, -0.2) is 0 Å². The van der Waals surface area contributed by atoms with E-state index in [1.165, 1.54) is 45.3 Å². The van der Waals surface area contributed by atoms with Gasteiger partial charge in [0.2, 0.25) is 0 Å². The first-order valence-electron chi connectivity index (χ1n) is 7.63. The number of likely N-dealkylation sites (tertiary alicyclic amines) is 1. The van der Waals surface area contributed by atoms with E-state index in [0.29, 0.717) is 12.2 Å². The summed E-state index contributed by atoms with van der Waals surface area (Å²) in [5.41, 5.74) is 6.55. The van der Waals surface area contributed by atoms with Crippen molar-refractivity contribution in [2.75, 3.05) is 39.3 Å². The van der Waals surface area contributed by atoms with Gasteiger partial charge in [0.1, 0.15) is 0 Å². The summed E-state index contributed by atoms with van der Waals surface area (Å²) in [6.07, 6.45) is 6.13. The van der Waals surface area contributed by atoms with Crippen LogP contribution in [0.5, 0.6) is 0 Å². The minimum Gasteiger partial charge on any atom is -0.372 e. The maximum absolute atomic E-state index is 6.26. The molecule has 0 spiro atoms. The van der Waals surface area contributed by atoms with E-state index in [2.05, 4.69) is 9.80 Å². The van der Waals surface area contributed by atoms with Crippen LogP contribution < -0.4 is 5.73 Å². The minimum atomic E-state index is 0.289. The fourth-order valence-corrected chi connectivity index (χ4v) is 4.82. The summed E-state index contributed by atoms with van der Waals surface area (Å²) in [5.74, 6) is 0.800. The smallest absolute Gasteiger partial charge is 0.0707 e. The third kappa shape index (κ3) is 1.59. The van der Waals surface area contributed by atoms with E-state index < -0.39 is 0 Å². The molecule has 0 saturated carbocycles. The van der Waals surface area contributed by atoms with Gasteiger partial charge in [-0.05, 0) is 44.7 Å². The Morgan fingerprint density at radius 1 is 1.06 bits per heavy atom. The zero-order valence-electron chi connectivity index (χ0n) is 11.2. The van der Waals surface area contributed by atoms with Gasteiger partial charge in [0, 0.05) is 31.7 Å². The number of nitrogens with two attached hydrogens (primary N) is 1. The molecular weight excluding hydrogens is 226 g/mol. The Morgan fingerprint density at radius 3 is 2.56 bits per heavy atom. The summed E-state index contributed by atoms with van der Waals surface area (Å²) >= 11 is 0. The predicted octanol–water partition coefficient (Wildman–Crippen LogP) is 0.273. The molecule has 5 atom stereocenters. The van der Waals surface area contributed by atoms with Gasteiger partial charge in [-0.2, -0.15) is 0 Å². The van der Waals surface area contributed by atoms with Crippen molar-refractivity contribution >= 4 is 0 Å². The first-order chi connectivity index (χ1) is 8.80. The normalized spacial score (nSPS) is 51.8. The molecule has 4 saturated heterocycles. The van der Waals surface area contributed by atoms with Crippen LogP contribution in [-0.4, -0.2) is 66.8 Å². The molecule has 4 heteroatoms. The maximum atomic E-state index is 6.26. The van der Waals surface area contributed by atoms with Crippen molar-refractivity contribution < 1.29 is 4.74 Å². The third-order valence-corrected chi connectivity index (χ3v) is 5.92. The summed E-state index contributed by atoms with van der Waals surface area (Å²) in [6, 6.07) is 0. The molecule has 4 aliphatic heterocycles. The Bertz CT molecular complexity index is 325. The average molecular weight is 251 g/mol.